The number of thioether (sulfide) groups is 1. The van der Waals surface area contributed by atoms with Gasteiger partial charge in [0.2, 0.25) is 5.91 Å². The number of carbonyl (C=O) groups is 1. The van der Waals surface area contributed by atoms with Crippen LogP contribution in [0.2, 0.25) is 0 Å². The van der Waals surface area contributed by atoms with Crippen LogP contribution in [0.25, 0.3) is 10.9 Å². The van der Waals surface area contributed by atoms with Crippen molar-refractivity contribution < 1.29 is 13.2 Å². The number of nitrogens with one attached hydrogen (secondary N) is 1. The van der Waals surface area contributed by atoms with E-state index in [0.717, 1.165) is 23.3 Å². The molecule has 146 valence electrons. The smallest absolute Gasteiger partial charge is 0.235 e. The molecule has 3 rings (SSSR count). The molecular formula is C18H24N4O3S2. The van der Waals surface area contributed by atoms with Gasteiger partial charge in [0.05, 0.1) is 22.3 Å². The summed E-state index contributed by atoms with van der Waals surface area (Å²) in [6.07, 6.45) is 0.499. The summed E-state index contributed by atoms with van der Waals surface area (Å²) < 4.78 is 23.4. The van der Waals surface area contributed by atoms with Crippen molar-refractivity contribution in [2.45, 2.75) is 36.7 Å². The molecule has 1 aromatic heterocycles. The summed E-state index contributed by atoms with van der Waals surface area (Å²) in [5.74, 6) is 0.838. The molecule has 7 nitrogen and oxygen atoms in total. The SMILES string of the molecule is CCNc1nc(S[C@H](C)C(=O)N(C)[C@@H]2CCS(=O)(=O)C2)nc2ccccc12. The molecule has 1 amide bonds. The van der Waals surface area contributed by atoms with Gasteiger partial charge in [0.1, 0.15) is 5.82 Å². The van der Waals surface area contributed by atoms with Crippen molar-refractivity contribution in [2.24, 2.45) is 0 Å². The number of hydrogen-bond donors (Lipinski definition) is 1. The molecule has 2 heterocycles. The number of hydrogen-bond acceptors (Lipinski definition) is 7. The highest BCUT2D eigenvalue weighted by Gasteiger charge is 2.34. The maximum absolute atomic E-state index is 12.8. The fraction of sp³-hybridized carbons (Fsp3) is 0.500. The third-order valence-electron chi connectivity index (χ3n) is 4.66. The van der Waals surface area contributed by atoms with E-state index in [1.165, 1.54) is 11.8 Å². The fourth-order valence-electron chi connectivity index (χ4n) is 3.17. The number of sulfone groups is 1. The van der Waals surface area contributed by atoms with E-state index in [1.807, 2.05) is 31.2 Å². The maximum Gasteiger partial charge on any atom is 0.235 e. The highest BCUT2D eigenvalue weighted by atomic mass is 32.2. The van der Waals surface area contributed by atoms with Gasteiger partial charge in [-0.05, 0) is 32.4 Å². The lowest BCUT2D eigenvalue weighted by molar-refractivity contribution is -0.130. The summed E-state index contributed by atoms with van der Waals surface area (Å²) in [6.45, 7) is 4.54. The predicted octanol–water partition coefficient (Wildman–Crippen LogP) is 2.19. The Kier molecular flexibility index (Phi) is 5.90. The molecule has 1 aliphatic heterocycles. The van der Waals surface area contributed by atoms with Crippen molar-refractivity contribution in [2.75, 3.05) is 30.4 Å². The zero-order valence-electron chi connectivity index (χ0n) is 15.7. The minimum absolute atomic E-state index is 0.0453. The molecule has 0 saturated carbocycles. The van der Waals surface area contributed by atoms with Crippen LogP contribution in [0.5, 0.6) is 0 Å². The van der Waals surface area contributed by atoms with E-state index >= 15 is 0 Å². The fourth-order valence-corrected chi connectivity index (χ4v) is 5.82. The minimum Gasteiger partial charge on any atom is -0.370 e. The molecule has 1 saturated heterocycles. The Morgan fingerprint density at radius 1 is 1.37 bits per heavy atom. The number of rotatable bonds is 6. The lowest BCUT2D eigenvalue weighted by Crippen LogP contribution is -2.41. The van der Waals surface area contributed by atoms with E-state index < -0.39 is 15.1 Å². The third kappa shape index (κ3) is 4.52. The minimum atomic E-state index is -3.03. The summed E-state index contributed by atoms with van der Waals surface area (Å²) in [5.41, 5.74) is 0.820. The Bertz CT molecular complexity index is 949. The monoisotopic (exact) mass is 408 g/mol. The van der Waals surface area contributed by atoms with Gasteiger partial charge >= 0.3 is 0 Å². The van der Waals surface area contributed by atoms with Gasteiger partial charge in [0, 0.05) is 25.0 Å². The summed E-state index contributed by atoms with van der Waals surface area (Å²) in [4.78, 5) is 23.5. The van der Waals surface area contributed by atoms with Gasteiger partial charge in [-0.3, -0.25) is 4.79 Å². The Morgan fingerprint density at radius 3 is 2.78 bits per heavy atom. The summed E-state index contributed by atoms with van der Waals surface area (Å²) in [6, 6.07) is 7.49. The lowest BCUT2D eigenvalue weighted by Gasteiger charge is -2.26. The molecule has 2 aromatic rings. The Balaban J connectivity index is 1.77. The van der Waals surface area contributed by atoms with Crippen LogP contribution in [0, 0.1) is 0 Å². The van der Waals surface area contributed by atoms with E-state index in [4.69, 9.17) is 0 Å². The molecular weight excluding hydrogens is 384 g/mol. The molecule has 2 atom stereocenters. The highest BCUT2D eigenvalue weighted by molar-refractivity contribution is 8.00. The van der Waals surface area contributed by atoms with Gasteiger partial charge < -0.3 is 10.2 Å². The first-order valence-corrected chi connectivity index (χ1v) is 11.6. The van der Waals surface area contributed by atoms with E-state index in [0.29, 0.717) is 11.6 Å². The molecule has 1 fully saturated rings. The number of nitrogens with zero attached hydrogens (tertiary/aromatic N) is 3. The van der Waals surface area contributed by atoms with Gasteiger partial charge in [-0.25, -0.2) is 18.4 Å². The summed E-state index contributed by atoms with van der Waals surface area (Å²) >= 11 is 1.29. The number of para-hydroxylation sites is 1. The van der Waals surface area contributed by atoms with Gasteiger partial charge in [0.15, 0.2) is 15.0 Å². The Labute approximate surface area is 163 Å². The van der Waals surface area contributed by atoms with Crippen molar-refractivity contribution in [3.05, 3.63) is 24.3 Å². The van der Waals surface area contributed by atoms with Crippen LogP contribution >= 0.6 is 11.8 Å². The Hall–Kier alpha value is -1.87. The maximum atomic E-state index is 12.8. The molecule has 9 heteroatoms. The van der Waals surface area contributed by atoms with Gasteiger partial charge in [-0.2, -0.15) is 0 Å². The number of carbonyl (C=O) groups excluding carboxylic acids is 1. The standard InChI is InChI=1S/C18H24N4O3S2/c1-4-19-16-14-7-5-6-8-15(14)20-18(21-16)26-12(2)17(23)22(3)13-9-10-27(24,25)11-13/h5-8,12-13H,4,9-11H2,1-3H3,(H,19,20,21)/t12-,13-/m1/s1. The zero-order chi connectivity index (χ0) is 19.6. The van der Waals surface area contributed by atoms with Crippen LogP contribution in [-0.2, 0) is 14.6 Å². The van der Waals surface area contributed by atoms with Crippen LogP contribution in [-0.4, -0.2) is 65.6 Å². The average molecular weight is 409 g/mol. The summed E-state index contributed by atoms with van der Waals surface area (Å²) in [7, 11) is -1.35. The van der Waals surface area contributed by atoms with Crippen LogP contribution < -0.4 is 5.32 Å². The van der Waals surface area contributed by atoms with E-state index in [2.05, 4.69) is 15.3 Å². The molecule has 0 aliphatic carbocycles. The first-order valence-electron chi connectivity index (χ1n) is 8.95. The van der Waals surface area contributed by atoms with Crippen molar-refractivity contribution in [1.29, 1.82) is 0 Å². The molecule has 0 bridgehead atoms. The second-order valence-electron chi connectivity index (χ2n) is 6.67. The van der Waals surface area contributed by atoms with Crippen LogP contribution in [0.3, 0.4) is 0 Å². The molecule has 0 spiro atoms. The highest BCUT2D eigenvalue weighted by Crippen LogP contribution is 2.28. The molecule has 1 aliphatic rings. The quantitative estimate of drug-likeness (QED) is 0.578. The number of fused-ring (bicyclic) bond motifs is 1. The topological polar surface area (TPSA) is 92.3 Å². The zero-order valence-corrected chi connectivity index (χ0v) is 17.3. The third-order valence-corrected chi connectivity index (χ3v) is 7.36. The number of aromatic nitrogens is 2. The van der Waals surface area contributed by atoms with Gasteiger partial charge in [-0.15, -0.1) is 0 Å². The van der Waals surface area contributed by atoms with Gasteiger partial charge in [-0.1, -0.05) is 23.9 Å². The predicted molar refractivity (Wildman–Crippen MR) is 109 cm³/mol. The molecule has 27 heavy (non-hydrogen) atoms. The number of benzene rings is 1. The largest absolute Gasteiger partial charge is 0.370 e. The lowest BCUT2D eigenvalue weighted by atomic mass is 10.2. The second kappa shape index (κ2) is 8.02. The number of anilines is 1. The van der Waals surface area contributed by atoms with Crippen molar-refractivity contribution in [1.82, 2.24) is 14.9 Å². The first kappa shape index (κ1) is 19.9. The van der Waals surface area contributed by atoms with Gasteiger partial charge in [0.25, 0.3) is 0 Å². The van der Waals surface area contributed by atoms with Crippen LogP contribution in [0.1, 0.15) is 20.3 Å². The molecule has 0 unspecified atom stereocenters. The van der Waals surface area contributed by atoms with Crippen LogP contribution in [0.4, 0.5) is 5.82 Å². The molecule has 1 aromatic carbocycles. The van der Waals surface area contributed by atoms with Crippen molar-refractivity contribution in [3.63, 3.8) is 0 Å². The Morgan fingerprint density at radius 2 is 2.11 bits per heavy atom. The van der Waals surface area contributed by atoms with Crippen molar-refractivity contribution in [3.8, 4) is 0 Å². The number of amides is 1. The second-order valence-corrected chi connectivity index (χ2v) is 10.2. The average Bonchev–Trinajstić information content (AvgIpc) is 3.00. The molecule has 0 radical (unpaired) electrons. The van der Waals surface area contributed by atoms with Crippen LogP contribution in [0.15, 0.2) is 29.4 Å². The first-order chi connectivity index (χ1) is 12.8. The van der Waals surface area contributed by atoms with E-state index in [9.17, 15) is 13.2 Å². The normalized spacial score (nSPS) is 19.7. The van der Waals surface area contributed by atoms with E-state index in [-0.39, 0.29) is 23.5 Å². The van der Waals surface area contributed by atoms with Crippen molar-refractivity contribution >= 4 is 44.2 Å². The van der Waals surface area contributed by atoms with E-state index in [1.54, 1.807) is 18.9 Å². The summed E-state index contributed by atoms with van der Waals surface area (Å²) in [5, 5.41) is 4.30. The molecule has 1 N–H and O–H groups in total.